The molecule has 2 aliphatic rings. The van der Waals surface area contributed by atoms with Crippen LogP contribution in [-0.4, -0.2) is 84.8 Å². The quantitative estimate of drug-likeness (QED) is 0.0691. The van der Waals surface area contributed by atoms with Gasteiger partial charge in [-0.05, 0) is 33.4 Å². The molecule has 6 aromatic carbocycles. The van der Waals surface area contributed by atoms with E-state index in [-0.39, 0.29) is 39.6 Å². The fourth-order valence-corrected chi connectivity index (χ4v) is 8.05. The number of hydrogen-bond donors (Lipinski definition) is 2. The molecule has 2 aliphatic heterocycles. The van der Waals surface area contributed by atoms with Gasteiger partial charge in [0.15, 0.2) is 12.6 Å². The zero-order valence-corrected chi connectivity index (χ0v) is 36.3. The first-order valence-corrected chi connectivity index (χ1v) is 22.3. The average molecular weight is 883 g/mol. The smallest absolute Gasteiger partial charge is 0.187 e. The number of benzene rings is 6. The lowest BCUT2D eigenvalue weighted by Gasteiger charge is -2.49. The Balaban J connectivity index is 1.11. The first kappa shape index (κ1) is 46.4. The van der Waals surface area contributed by atoms with Crippen LogP contribution in [0.1, 0.15) is 33.4 Å². The van der Waals surface area contributed by atoms with E-state index in [9.17, 15) is 10.2 Å². The third-order valence-electron chi connectivity index (χ3n) is 11.4. The van der Waals surface area contributed by atoms with Gasteiger partial charge in [-0.1, -0.05) is 182 Å². The second-order valence-corrected chi connectivity index (χ2v) is 16.2. The molecule has 2 fully saturated rings. The van der Waals surface area contributed by atoms with E-state index in [0.717, 1.165) is 33.4 Å². The van der Waals surface area contributed by atoms with Crippen LogP contribution < -0.4 is 0 Å². The maximum Gasteiger partial charge on any atom is 0.187 e. The second-order valence-electron chi connectivity index (χ2n) is 16.2. The minimum Gasteiger partial charge on any atom is -0.385 e. The topological polar surface area (TPSA) is 124 Å². The van der Waals surface area contributed by atoms with Crippen molar-refractivity contribution in [1.82, 2.24) is 0 Å². The highest BCUT2D eigenvalue weighted by Crippen LogP contribution is 2.35. The zero-order chi connectivity index (χ0) is 44.5. The van der Waals surface area contributed by atoms with E-state index in [1.54, 1.807) is 0 Å². The van der Waals surface area contributed by atoms with Gasteiger partial charge in [-0.15, -0.1) is 0 Å². The summed E-state index contributed by atoms with van der Waals surface area (Å²) in [5.41, 5.74) is 5.62. The zero-order valence-electron chi connectivity index (χ0n) is 36.3. The van der Waals surface area contributed by atoms with Crippen LogP contribution in [0.5, 0.6) is 0 Å². The molecular formula is C54H58O11. The summed E-state index contributed by atoms with van der Waals surface area (Å²) in [6, 6.07) is 58.7. The maximum absolute atomic E-state index is 12.5. The van der Waals surface area contributed by atoms with Gasteiger partial charge in [-0.3, -0.25) is 0 Å². The number of aliphatic hydroxyl groups excluding tert-OH is 2. The monoisotopic (exact) mass is 882 g/mol. The van der Waals surface area contributed by atoms with E-state index >= 15 is 0 Å². The molecule has 0 amide bonds. The predicted molar refractivity (Wildman–Crippen MR) is 243 cm³/mol. The van der Waals surface area contributed by atoms with Gasteiger partial charge in [0.05, 0.1) is 52.9 Å². The Morgan fingerprint density at radius 2 is 0.646 bits per heavy atom. The predicted octanol–water partition coefficient (Wildman–Crippen LogP) is 7.95. The highest BCUT2D eigenvalue weighted by Gasteiger charge is 2.53. The van der Waals surface area contributed by atoms with Crippen LogP contribution >= 0.6 is 0 Å². The lowest BCUT2D eigenvalue weighted by molar-refractivity contribution is -0.371. The Kier molecular flexibility index (Phi) is 17.4. The lowest BCUT2D eigenvalue weighted by Crippen LogP contribution is -2.66. The molecule has 0 aromatic heterocycles. The molecule has 11 heteroatoms. The first-order chi connectivity index (χ1) is 32.1. The van der Waals surface area contributed by atoms with Gasteiger partial charge in [0.25, 0.3) is 0 Å². The molecule has 2 heterocycles. The average Bonchev–Trinajstić information content (AvgIpc) is 3.35. The molecule has 0 radical (unpaired) electrons. The van der Waals surface area contributed by atoms with Crippen LogP contribution in [0.25, 0.3) is 0 Å². The van der Waals surface area contributed by atoms with Gasteiger partial charge in [-0.2, -0.15) is 0 Å². The van der Waals surface area contributed by atoms with Gasteiger partial charge in [0.1, 0.15) is 48.8 Å². The van der Waals surface area contributed by atoms with E-state index in [4.69, 9.17) is 42.6 Å². The van der Waals surface area contributed by atoms with E-state index < -0.39 is 61.4 Å². The van der Waals surface area contributed by atoms with Crippen molar-refractivity contribution in [3.63, 3.8) is 0 Å². The first-order valence-electron chi connectivity index (χ1n) is 22.3. The summed E-state index contributed by atoms with van der Waals surface area (Å²) in [6.45, 7) is 1.50. The lowest BCUT2D eigenvalue weighted by atomic mass is 9.96. The normalized spacial score (nSPS) is 25.6. The molecule has 340 valence electrons. The van der Waals surface area contributed by atoms with Crippen molar-refractivity contribution >= 4 is 0 Å². The summed E-state index contributed by atoms with van der Waals surface area (Å²) in [7, 11) is 0. The van der Waals surface area contributed by atoms with E-state index in [1.165, 1.54) is 0 Å². The standard InChI is InChI=1S/C54H58O11/c55-47-50(61-35-43-27-15-5-16-28-43)48(59-33-41-23-11-3-12-24-41)46(38-58-32-40-21-9-2-10-22-40)64-54(47)65-51-49(60-34-42-25-13-4-14-26-42)45(37-57-31-39-19-7-1-8-20-39)63-53(56)52(51)62-36-44-29-17-6-18-30-44/h1-30,45-56H,31-38H2/t45-,46-,47+,48-,49-,50-,51+,52-,53+,54-/m1/s1. The Bertz CT molecular complexity index is 2210. The van der Waals surface area contributed by atoms with Gasteiger partial charge in [-0.25, -0.2) is 0 Å². The Morgan fingerprint density at radius 3 is 1.03 bits per heavy atom. The summed E-state index contributed by atoms with van der Waals surface area (Å²) in [5.74, 6) is 0. The van der Waals surface area contributed by atoms with Crippen LogP contribution in [0.4, 0.5) is 0 Å². The highest BCUT2D eigenvalue weighted by molar-refractivity contribution is 5.18. The molecule has 0 bridgehead atoms. The Morgan fingerprint density at radius 1 is 0.338 bits per heavy atom. The van der Waals surface area contributed by atoms with Gasteiger partial charge in [0.2, 0.25) is 0 Å². The molecule has 2 saturated heterocycles. The van der Waals surface area contributed by atoms with E-state index in [2.05, 4.69) is 0 Å². The molecule has 0 saturated carbocycles. The van der Waals surface area contributed by atoms with Crippen molar-refractivity contribution in [3.05, 3.63) is 215 Å². The minimum atomic E-state index is -1.47. The second kappa shape index (κ2) is 24.4. The molecular weight excluding hydrogens is 825 g/mol. The largest absolute Gasteiger partial charge is 0.385 e. The molecule has 0 unspecified atom stereocenters. The van der Waals surface area contributed by atoms with Crippen LogP contribution in [0, 0.1) is 0 Å². The van der Waals surface area contributed by atoms with Crippen molar-refractivity contribution < 1.29 is 52.8 Å². The molecule has 8 rings (SSSR count). The number of aliphatic hydroxyl groups is 2. The van der Waals surface area contributed by atoms with Gasteiger partial charge in [0, 0.05) is 0 Å². The van der Waals surface area contributed by atoms with Crippen LogP contribution in [-0.2, 0) is 82.3 Å². The molecule has 2 N–H and O–H groups in total. The molecule has 65 heavy (non-hydrogen) atoms. The Labute approximate surface area is 381 Å². The third kappa shape index (κ3) is 13.5. The molecule has 6 aromatic rings. The number of hydrogen-bond acceptors (Lipinski definition) is 11. The van der Waals surface area contributed by atoms with Gasteiger partial charge < -0.3 is 52.8 Å². The molecule has 0 spiro atoms. The van der Waals surface area contributed by atoms with E-state index in [0.29, 0.717) is 13.2 Å². The molecule has 11 nitrogen and oxygen atoms in total. The summed E-state index contributed by atoms with van der Waals surface area (Å²) in [4.78, 5) is 0. The minimum absolute atomic E-state index is 0.0545. The van der Waals surface area contributed by atoms with Crippen LogP contribution in [0.3, 0.4) is 0 Å². The van der Waals surface area contributed by atoms with Crippen LogP contribution in [0.15, 0.2) is 182 Å². The summed E-state index contributed by atoms with van der Waals surface area (Å²) in [5, 5.41) is 24.4. The fourth-order valence-electron chi connectivity index (χ4n) is 8.05. The number of ether oxygens (including phenoxy) is 9. The summed E-state index contributed by atoms with van der Waals surface area (Å²) in [6.07, 6.45) is -10.6. The number of rotatable bonds is 22. The highest BCUT2D eigenvalue weighted by atomic mass is 16.7. The molecule has 10 atom stereocenters. The third-order valence-corrected chi connectivity index (χ3v) is 11.4. The van der Waals surface area contributed by atoms with Crippen LogP contribution in [0.2, 0.25) is 0 Å². The van der Waals surface area contributed by atoms with Crippen molar-refractivity contribution in [2.45, 2.75) is 101 Å². The van der Waals surface area contributed by atoms with Crippen molar-refractivity contribution in [2.75, 3.05) is 13.2 Å². The summed E-state index contributed by atoms with van der Waals surface area (Å²) >= 11 is 0. The SMILES string of the molecule is O[C@@H]1[C@@H](O[C@@H]2[C@@H](OCc3ccccc3)[C@@H](O)O[C@H](COCc3ccccc3)[C@H]2OCc2ccccc2)O[C@H](COCc2ccccc2)[C@@H](OCc2ccccc2)[C@@H]1OCc1ccccc1. The van der Waals surface area contributed by atoms with Crippen molar-refractivity contribution in [3.8, 4) is 0 Å². The maximum atomic E-state index is 12.5. The van der Waals surface area contributed by atoms with Crippen molar-refractivity contribution in [2.24, 2.45) is 0 Å². The molecule has 0 aliphatic carbocycles. The fraction of sp³-hybridized carbons (Fsp3) is 0.333. The Hall–Kier alpha value is -5.12. The van der Waals surface area contributed by atoms with Crippen molar-refractivity contribution in [1.29, 1.82) is 0 Å². The van der Waals surface area contributed by atoms with E-state index in [1.807, 2.05) is 182 Å². The summed E-state index contributed by atoms with van der Waals surface area (Å²) < 4.78 is 59.2. The van der Waals surface area contributed by atoms with Gasteiger partial charge >= 0.3 is 0 Å².